The van der Waals surface area contributed by atoms with Gasteiger partial charge in [-0.15, -0.1) is 0 Å². The van der Waals surface area contributed by atoms with Crippen molar-refractivity contribution in [3.8, 4) is 5.69 Å². The Morgan fingerprint density at radius 1 is 1.10 bits per heavy atom. The molecule has 4 aromatic rings. The summed E-state index contributed by atoms with van der Waals surface area (Å²) in [6.45, 7) is 8.19. The molecular formula is C22H22FN5O. The van der Waals surface area contributed by atoms with Crippen LogP contribution in [0.4, 0.5) is 10.2 Å². The number of fused-ring (bicyclic) bond motifs is 1. The molecule has 7 heteroatoms. The van der Waals surface area contributed by atoms with Crippen LogP contribution in [0.15, 0.2) is 48.5 Å². The Kier molecular flexibility index (Phi) is 4.45. The molecule has 0 saturated heterocycles. The lowest BCUT2D eigenvalue weighted by Crippen LogP contribution is -2.16. The number of hydrogen-bond acceptors (Lipinski definition) is 3. The van der Waals surface area contributed by atoms with Crippen LogP contribution >= 0.6 is 0 Å². The molecule has 0 bridgehead atoms. The van der Waals surface area contributed by atoms with Gasteiger partial charge in [0, 0.05) is 16.9 Å². The second-order valence-corrected chi connectivity index (χ2v) is 8.13. The van der Waals surface area contributed by atoms with Gasteiger partial charge in [-0.1, -0.05) is 38.5 Å². The van der Waals surface area contributed by atoms with Gasteiger partial charge in [-0.2, -0.15) is 10.2 Å². The number of nitrogens with zero attached hydrogens (tertiary/aromatic N) is 3. The van der Waals surface area contributed by atoms with Gasteiger partial charge in [0.1, 0.15) is 11.6 Å². The van der Waals surface area contributed by atoms with Crippen molar-refractivity contribution in [1.82, 2.24) is 20.0 Å². The van der Waals surface area contributed by atoms with Crippen molar-refractivity contribution < 1.29 is 9.18 Å². The van der Waals surface area contributed by atoms with E-state index in [9.17, 15) is 9.18 Å². The molecular weight excluding hydrogens is 369 g/mol. The number of nitrogens with one attached hydrogen (secondary N) is 2. The Bertz CT molecular complexity index is 1200. The summed E-state index contributed by atoms with van der Waals surface area (Å²) in [6.07, 6.45) is 0. The molecule has 29 heavy (non-hydrogen) atoms. The van der Waals surface area contributed by atoms with Gasteiger partial charge in [0.25, 0.3) is 5.91 Å². The first kappa shape index (κ1) is 18.9. The Morgan fingerprint density at radius 2 is 1.83 bits per heavy atom. The standard InChI is InChI=1S/C22H22FN5O/c1-13-5-8-15(9-6-13)28-19(12-18(27-28)22(2,3)4)24-21(29)20-16-11-14(23)7-10-17(16)25-26-20/h5-12H,1-4H3,(H,24,29)(H,25,26). The van der Waals surface area contributed by atoms with E-state index < -0.39 is 11.7 Å². The fourth-order valence-corrected chi connectivity index (χ4v) is 3.05. The van der Waals surface area contributed by atoms with E-state index in [0.717, 1.165) is 16.9 Å². The van der Waals surface area contributed by atoms with E-state index >= 15 is 0 Å². The lowest BCUT2D eigenvalue weighted by Gasteiger charge is -2.14. The van der Waals surface area contributed by atoms with Crippen LogP contribution in [0.25, 0.3) is 16.6 Å². The summed E-state index contributed by atoms with van der Waals surface area (Å²) in [5.74, 6) is -0.334. The number of carbonyl (C=O) groups excluding carboxylic acids is 1. The normalized spacial score (nSPS) is 11.8. The Balaban J connectivity index is 1.75. The molecule has 2 N–H and O–H groups in total. The molecule has 0 radical (unpaired) electrons. The zero-order valence-corrected chi connectivity index (χ0v) is 16.7. The number of amides is 1. The summed E-state index contributed by atoms with van der Waals surface area (Å²) in [4.78, 5) is 12.9. The molecule has 0 spiro atoms. The molecule has 0 atom stereocenters. The van der Waals surface area contributed by atoms with E-state index in [-0.39, 0.29) is 11.1 Å². The largest absolute Gasteiger partial charge is 0.305 e. The molecule has 0 aliphatic rings. The van der Waals surface area contributed by atoms with Crippen LogP contribution in [0.5, 0.6) is 0 Å². The van der Waals surface area contributed by atoms with Gasteiger partial charge < -0.3 is 5.32 Å². The molecule has 1 amide bonds. The summed E-state index contributed by atoms with van der Waals surface area (Å²) in [7, 11) is 0. The van der Waals surface area contributed by atoms with Crippen LogP contribution < -0.4 is 5.32 Å². The minimum atomic E-state index is -0.435. The molecule has 4 rings (SSSR count). The predicted octanol–water partition coefficient (Wildman–Crippen LogP) is 4.75. The van der Waals surface area contributed by atoms with Crippen molar-refractivity contribution in [2.75, 3.05) is 5.32 Å². The second-order valence-electron chi connectivity index (χ2n) is 8.13. The van der Waals surface area contributed by atoms with Gasteiger partial charge in [-0.3, -0.25) is 9.89 Å². The summed E-state index contributed by atoms with van der Waals surface area (Å²) in [5.41, 5.74) is 3.34. The topological polar surface area (TPSA) is 75.6 Å². The van der Waals surface area contributed by atoms with Gasteiger partial charge in [0.2, 0.25) is 0 Å². The summed E-state index contributed by atoms with van der Waals surface area (Å²) in [5, 5.41) is 14.9. The summed E-state index contributed by atoms with van der Waals surface area (Å²) < 4.78 is 15.4. The Hall–Kier alpha value is -3.48. The number of rotatable bonds is 3. The molecule has 0 aliphatic carbocycles. The summed E-state index contributed by atoms with van der Waals surface area (Å²) >= 11 is 0. The molecule has 6 nitrogen and oxygen atoms in total. The first-order valence-electron chi connectivity index (χ1n) is 9.35. The van der Waals surface area contributed by atoms with Crippen LogP contribution in [0.1, 0.15) is 42.5 Å². The van der Waals surface area contributed by atoms with Crippen LogP contribution in [0, 0.1) is 12.7 Å². The highest BCUT2D eigenvalue weighted by molar-refractivity contribution is 6.10. The van der Waals surface area contributed by atoms with Crippen molar-refractivity contribution in [1.29, 1.82) is 0 Å². The fourth-order valence-electron chi connectivity index (χ4n) is 3.05. The van der Waals surface area contributed by atoms with Crippen molar-refractivity contribution in [2.45, 2.75) is 33.1 Å². The smallest absolute Gasteiger partial charge is 0.277 e. The van der Waals surface area contributed by atoms with Gasteiger partial charge in [0.15, 0.2) is 5.69 Å². The van der Waals surface area contributed by atoms with E-state index in [1.807, 2.05) is 37.3 Å². The molecule has 0 fully saturated rings. The third-order valence-electron chi connectivity index (χ3n) is 4.74. The number of hydrogen-bond donors (Lipinski definition) is 2. The highest BCUT2D eigenvalue weighted by Crippen LogP contribution is 2.27. The maximum absolute atomic E-state index is 13.6. The Morgan fingerprint density at radius 3 is 2.52 bits per heavy atom. The number of aryl methyl sites for hydroxylation is 1. The minimum absolute atomic E-state index is 0.133. The monoisotopic (exact) mass is 391 g/mol. The predicted molar refractivity (Wildman–Crippen MR) is 111 cm³/mol. The molecule has 148 valence electrons. The average molecular weight is 391 g/mol. The number of carbonyl (C=O) groups is 1. The second kappa shape index (κ2) is 6.84. The van der Waals surface area contributed by atoms with E-state index in [2.05, 4.69) is 36.3 Å². The lowest BCUT2D eigenvalue weighted by atomic mass is 9.92. The zero-order chi connectivity index (χ0) is 20.8. The third-order valence-corrected chi connectivity index (χ3v) is 4.74. The highest BCUT2D eigenvalue weighted by Gasteiger charge is 2.23. The first-order valence-corrected chi connectivity index (χ1v) is 9.35. The van der Waals surface area contributed by atoms with Crippen LogP contribution in [-0.4, -0.2) is 25.9 Å². The van der Waals surface area contributed by atoms with Gasteiger partial charge in [0.05, 0.1) is 16.9 Å². The fraction of sp³-hybridized carbons (Fsp3) is 0.227. The van der Waals surface area contributed by atoms with Crippen molar-refractivity contribution in [2.24, 2.45) is 0 Å². The van der Waals surface area contributed by atoms with Gasteiger partial charge in [-0.05, 0) is 37.3 Å². The minimum Gasteiger partial charge on any atom is -0.305 e. The number of H-pyrrole nitrogens is 1. The van der Waals surface area contributed by atoms with Gasteiger partial charge in [-0.25, -0.2) is 9.07 Å². The molecule has 0 saturated carbocycles. The van der Waals surface area contributed by atoms with E-state index in [0.29, 0.717) is 16.7 Å². The maximum Gasteiger partial charge on any atom is 0.277 e. The SMILES string of the molecule is Cc1ccc(-n2nc(C(C)(C)C)cc2NC(=O)c2n[nH]c3ccc(F)cc23)cc1. The van der Waals surface area contributed by atoms with Crippen LogP contribution in [0.3, 0.4) is 0 Å². The average Bonchev–Trinajstić information content (AvgIpc) is 3.26. The maximum atomic E-state index is 13.6. The molecule has 0 aliphatic heterocycles. The van der Waals surface area contributed by atoms with Gasteiger partial charge >= 0.3 is 0 Å². The number of anilines is 1. The molecule has 0 unspecified atom stereocenters. The number of halogens is 1. The third kappa shape index (κ3) is 3.63. The van der Waals surface area contributed by atoms with E-state index in [4.69, 9.17) is 5.10 Å². The summed E-state index contributed by atoms with van der Waals surface area (Å²) in [6, 6.07) is 13.9. The molecule has 2 aromatic heterocycles. The number of aromatic nitrogens is 4. The Labute approximate surface area is 167 Å². The van der Waals surface area contributed by atoms with E-state index in [1.165, 1.54) is 12.1 Å². The van der Waals surface area contributed by atoms with Crippen molar-refractivity contribution in [3.05, 3.63) is 71.3 Å². The quantitative estimate of drug-likeness (QED) is 0.529. The molecule has 2 aromatic carbocycles. The van der Waals surface area contributed by atoms with Crippen LogP contribution in [0.2, 0.25) is 0 Å². The first-order chi connectivity index (χ1) is 13.7. The number of benzene rings is 2. The highest BCUT2D eigenvalue weighted by atomic mass is 19.1. The van der Waals surface area contributed by atoms with E-state index in [1.54, 1.807) is 10.7 Å². The van der Waals surface area contributed by atoms with Crippen molar-refractivity contribution >= 4 is 22.6 Å². The molecule has 2 heterocycles. The van der Waals surface area contributed by atoms with Crippen LogP contribution in [-0.2, 0) is 5.41 Å². The zero-order valence-electron chi connectivity index (χ0n) is 16.7. The lowest BCUT2D eigenvalue weighted by molar-refractivity contribution is 0.102. The number of aromatic amines is 1. The van der Waals surface area contributed by atoms with Crippen molar-refractivity contribution in [3.63, 3.8) is 0 Å².